The highest BCUT2D eigenvalue weighted by Gasteiger charge is 1.92. The van der Waals surface area contributed by atoms with Gasteiger partial charge in [-0.25, -0.2) is 0 Å². The molecule has 0 aliphatic carbocycles. The lowest BCUT2D eigenvalue weighted by Crippen LogP contribution is -1.97. The Balaban J connectivity index is 2.15. The molecular formula is C11H14ClOS-. The van der Waals surface area contributed by atoms with Gasteiger partial charge in [-0.15, -0.1) is 0 Å². The second kappa shape index (κ2) is 7.02. The van der Waals surface area contributed by atoms with E-state index in [1.807, 2.05) is 24.3 Å². The first-order chi connectivity index (χ1) is 6.83. The maximum absolute atomic E-state index is 5.75. The van der Waals surface area contributed by atoms with Crippen molar-refractivity contribution in [3.63, 3.8) is 0 Å². The zero-order valence-electron chi connectivity index (χ0n) is 8.04. The molecule has 0 radical (unpaired) electrons. The van der Waals surface area contributed by atoms with Crippen LogP contribution >= 0.6 is 11.6 Å². The summed E-state index contributed by atoms with van der Waals surface area (Å²) in [6.45, 7) is 0.761. The zero-order chi connectivity index (χ0) is 10.2. The van der Waals surface area contributed by atoms with Gasteiger partial charge in [0.25, 0.3) is 0 Å². The van der Waals surface area contributed by atoms with Crippen LogP contribution in [0.15, 0.2) is 24.3 Å². The molecule has 78 valence electrons. The van der Waals surface area contributed by atoms with Gasteiger partial charge < -0.3 is 17.4 Å². The summed E-state index contributed by atoms with van der Waals surface area (Å²) in [5.74, 6) is 1.73. The molecule has 0 unspecified atom stereocenters. The molecular weight excluding hydrogens is 216 g/mol. The van der Waals surface area contributed by atoms with E-state index in [2.05, 4.69) is 0 Å². The van der Waals surface area contributed by atoms with Crippen LogP contribution in [0.2, 0.25) is 5.02 Å². The first-order valence-corrected chi connectivity index (χ1v) is 5.75. The fraction of sp³-hybridized carbons (Fsp3) is 0.455. The van der Waals surface area contributed by atoms with Crippen molar-refractivity contribution in [3.8, 4) is 5.75 Å². The van der Waals surface area contributed by atoms with Crippen LogP contribution in [0.25, 0.3) is 0 Å². The lowest BCUT2D eigenvalue weighted by molar-refractivity contribution is 0.306. The van der Waals surface area contributed by atoms with Crippen molar-refractivity contribution in [1.29, 1.82) is 0 Å². The number of benzene rings is 1. The summed E-state index contributed by atoms with van der Waals surface area (Å²) in [5.41, 5.74) is 0. The number of halogens is 1. The summed E-state index contributed by atoms with van der Waals surface area (Å²) in [7, 11) is 0. The second-order valence-electron chi connectivity index (χ2n) is 3.07. The fourth-order valence-electron chi connectivity index (χ4n) is 1.10. The molecule has 0 aromatic heterocycles. The molecule has 0 fully saturated rings. The first kappa shape index (κ1) is 11.7. The Kier molecular flexibility index (Phi) is 5.88. The smallest absolute Gasteiger partial charge is 0.119 e. The standard InChI is InChI=1S/C11H15ClOS/c12-10-4-6-11(7-5-10)13-8-2-1-3-9-14/h4-7,14H,1-3,8-9H2/p-1. The van der Waals surface area contributed by atoms with Gasteiger partial charge in [0, 0.05) is 5.02 Å². The monoisotopic (exact) mass is 229 g/mol. The van der Waals surface area contributed by atoms with E-state index >= 15 is 0 Å². The lowest BCUT2D eigenvalue weighted by atomic mass is 10.3. The van der Waals surface area contributed by atoms with Crippen molar-refractivity contribution >= 4 is 24.2 Å². The quantitative estimate of drug-likeness (QED) is 0.546. The van der Waals surface area contributed by atoms with Crippen LogP contribution in [0.3, 0.4) is 0 Å². The summed E-state index contributed by atoms with van der Waals surface area (Å²) in [4.78, 5) is 0. The topological polar surface area (TPSA) is 9.23 Å². The molecule has 0 saturated heterocycles. The van der Waals surface area contributed by atoms with Crippen molar-refractivity contribution in [2.24, 2.45) is 0 Å². The van der Waals surface area contributed by atoms with E-state index in [1.54, 1.807) is 0 Å². The fourth-order valence-corrected chi connectivity index (χ4v) is 1.43. The van der Waals surface area contributed by atoms with Gasteiger partial charge in [0.1, 0.15) is 5.75 Å². The SMILES string of the molecule is [S-]CCCCCOc1ccc(Cl)cc1. The van der Waals surface area contributed by atoms with E-state index in [4.69, 9.17) is 29.0 Å². The summed E-state index contributed by atoms with van der Waals surface area (Å²) in [6.07, 6.45) is 3.33. The van der Waals surface area contributed by atoms with Crippen LogP contribution in [0, 0.1) is 0 Å². The molecule has 1 rings (SSSR count). The predicted molar refractivity (Wildman–Crippen MR) is 63.0 cm³/mol. The Morgan fingerprint density at radius 3 is 2.43 bits per heavy atom. The molecule has 0 aliphatic rings. The molecule has 0 spiro atoms. The van der Waals surface area contributed by atoms with Gasteiger partial charge in [0.15, 0.2) is 0 Å². The number of ether oxygens (including phenoxy) is 1. The third kappa shape index (κ3) is 4.77. The predicted octanol–water partition coefficient (Wildman–Crippen LogP) is 3.44. The molecule has 0 N–H and O–H groups in total. The Bertz CT molecular complexity index is 248. The molecule has 0 saturated carbocycles. The number of hydrogen-bond donors (Lipinski definition) is 0. The van der Waals surface area contributed by atoms with Crippen LogP contribution < -0.4 is 4.74 Å². The van der Waals surface area contributed by atoms with Crippen LogP contribution in [-0.4, -0.2) is 12.4 Å². The maximum Gasteiger partial charge on any atom is 0.119 e. The number of rotatable bonds is 6. The van der Waals surface area contributed by atoms with Gasteiger partial charge >= 0.3 is 0 Å². The van der Waals surface area contributed by atoms with Gasteiger partial charge in [-0.1, -0.05) is 24.4 Å². The number of unbranched alkanes of at least 4 members (excludes halogenated alkanes) is 2. The molecule has 3 heteroatoms. The van der Waals surface area contributed by atoms with E-state index in [0.29, 0.717) is 0 Å². The Hall–Kier alpha value is -0.340. The lowest BCUT2D eigenvalue weighted by Gasteiger charge is -2.06. The van der Waals surface area contributed by atoms with E-state index in [1.165, 1.54) is 0 Å². The number of hydrogen-bond acceptors (Lipinski definition) is 2. The van der Waals surface area contributed by atoms with Crippen molar-refractivity contribution in [2.75, 3.05) is 12.4 Å². The average Bonchev–Trinajstić information content (AvgIpc) is 2.21. The second-order valence-corrected chi connectivity index (χ2v) is 3.91. The molecule has 1 aromatic carbocycles. The minimum absolute atomic E-state index is 0.739. The maximum atomic E-state index is 5.75. The van der Waals surface area contributed by atoms with Crippen LogP contribution in [0.4, 0.5) is 0 Å². The molecule has 0 heterocycles. The zero-order valence-corrected chi connectivity index (χ0v) is 9.61. The third-order valence-corrected chi connectivity index (χ3v) is 2.41. The highest BCUT2D eigenvalue weighted by atomic mass is 35.5. The summed E-state index contributed by atoms with van der Waals surface area (Å²) >= 11 is 10.6. The normalized spacial score (nSPS) is 10.1. The highest BCUT2D eigenvalue weighted by molar-refractivity contribution is 7.58. The Morgan fingerprint density at radius 1 is 1.07 bits per heavy atom. The van der Waals surface area contributed by atoms with Gasteiger partial charge in [0.2, 0.25) is 0 Å². The van der Waals surface area contributed by atoms with Gasteiger partial charge in [0.05, 0.1) is 6.61 Å². The van der Waals surface area contributed by atoms with Crippen molar-refractivity contribution in [3.05, 3.63) is 29.3 Å². The van der Waals surface area contributed by atoms with Gasteiger partial charge in [-0.2, -0.15) is 5.75 Å². The van der Waals surface area contributed by atoms with E-state index in [9.17, 15) is 0 Å². The molecule has 0 bridgehead atoms. The average molecular weight is 230 g/mol. The summed E-state index contributed by atoms with van der Waals surface area (Å²) < 4.78 is 5.51. The van der Waals surface area contributed by atoms with E-state index < -0.39 is 0 Å². The third-order valence-electron chi connectivity index (χ3n) is 1.87. The van der Waals surface area contributed by atoms with E-state index in [-0.39, 0.29) is 0 Å². The van der Waals surface area contributed by atoms with Crippen LogP contribution in [-0.2, 0) is 12.6 Å². The minimum Gasteiger partial charge on any atom is -0.793 e. The minimum atomic E-state index is 0.739. The van der Waals surface area contributed by atoms with Gasteiger partial charge in [-0.05, 0) is 30.7 Å². The Labute approximate surface area is 95.8 Å². The van der Waals surface area contributed by atoms with Crippen LogP contribution in [0.5, 0.6) is 5.75 Å². The molecule has 0 aliphatic heterocycles. The van der Waals surface area contributed by atoms with Crippen molar-refractivity contribution < 1.29 is 4.74 Å². The van der Waals surface area contributed by atoms with E-state index in [0.717, 1.165) is 42.4 Å². The molecule has 0 amide bonds. The largest absolute Gasteiger partial charge is 0.793 e. The molecule has 0 atom stereocenters. The van der Waals surface area contributed by atoms with Gasteiger partial charge in [-0.3, -0.25) is 0 Å². The van der Waals surface area contributed by atoms with Crippen LogP contribution in [0.1, 0.15) is 19.3 Å². The first-order valence-electron chi connectivity index (χ1n) is 4.79. The summed E-state index contributed by atoms with van der Waals surface area (Å²) in [5, 5.41) is 0.739. The van der Waals surface area contributed by atoms with Crippen molar-refractivity contribution in [2.45, 2.75) is 19.3 Å². The molecule has 1 aromatic rings. The molecule has 1 nitrogen and oxygen atoms in total. The summed E-state index contributed by atoms with van der Waals surface area (Å²) in [6, 6.07) is 7.44. The Morgan fingerprint density at radius 2 is 1.79 bits per heavy atom. The highest BCUT2D eigenvalue weighted by Crippen LogP contribution is 2.15. The molecule has 14 heavy (non-hydrogen) atoms. The van der Waals surface area contributed by atoms with Crippen molar-refractivity contribution in [1.82, 2.24) is 0 Å².